The lowest BCUT2D eigenvalue weighted by molar-refractivity contribution is -0.125. The van der Waals surface area contributed by atoms with Crippen LogP contribution in [0.1, 0.15) is 45.4 Å². The van der Waals surface area contributed by atoms with Crippen LogP contribution in [0, 0.1) is 0 Å². The summed E-state index contributed by atoms with van der Waals surface area (Å²) in [6.45, 7) is 2.17. The number of ketones is 1. The maximum Gasteiger partial charge on any atom is 0.220 e. The first-order valence-electron chi connectivity index (χ1n) is 5.57. The number of hydrogen-bond donors (Lipinski definition) is 2. The first-order chi connectivity index (χ1) is 7.52. The smallest absolute Gasteiger partial charge is 0.220 e. The molecule has 0 aliphatic carbocycles. The molecule has 5 heteroatoms. The van der Waals surface area contributed by atoms with E-state index >= 15 is 0 Å². The van der Waals surface area contributed by atoms with Gasteiger partial charge in [-0.3, -0.25) is 9.59 Å². The number of Topliss-reactive ketones (excluding diaryl/α,β-unsaturated/α-hetero) is 1. The molecule has 0 aliphatic rings. The molecule has 0 unspecified atom stereocenters. The molecule has 0 spiro atoms. The molecule has 0 aromatic carbocycles. The van der Waals surface area contributed by atoms with E-state index in [1.165, 1.54) is 0 Å². The van der Waals surface area contributed by atoms with Crippen LogP contribution in [0.15, 0.2) is 0 Å². The summed E-state index contributed by atoms with van der Waals surface area (Å²) < 4.78 is 0. The number of amides is 2. The van der Waals surface area contributed by atoms with Gasteiger partial charge in [0.2, 0.25) is 11.8 Å². The van der Waals surface area contributed by atoms with Crippen LogP contribution < -0.4 is 11.1 Å². The number of unbranched alkanes of at least 4 members (excludes halogenated alkanes) is 2. The Balaban J connectivity index is 3.27. The van der Waals surface area contributed by atoms with E-state index in [-0.39, 0.29) is 24.5 Å². The van der Waals surface area contributed by atoms with Crippen molar-refractivity contribution in [2.24, 2.45) is 5.73 Å². The third kappa shape index (κ3) is 10.7. The van der Waals surface area contributed by atoms with Crippen molar-refractivity contribution in [1.82, 2.24) is 5.32 Å². The van der Waals surface area contributed by atoms with Gasteiger partial charge in [-0.05, 0) is 19.8 Å². The minimum absolute atomic E-state index is 0.0934. The number of primary amides is 1. The van der Waals surface area contributed by atoms with Gasteiger partial charge in [-0.2, -0.15) is 0 Å². The molecule has 0 atom stereocenters. The Morgan fingerprint density at radius 2 is 1.69 bits per heavy atom. The maximum absolute atomic E-state index is 11.1. The Kier molecular flexibility index (Phi) is 8.11. The summed E-state index contributed by atoms with van der Waals surface area (Å²) >= 11 is 0. The lowest BCUT2D eigenvalue weighted by Gasteiger charge is -2.03. The van der Waals surface area contributed by atoms with Gasteiger partial charge in [0, 0.05) is 25.8 Å². The molecule has 0 aromatic rings. The molecule has 16 heavy (non-hydrogen) atoms. The number of carbonyl (C=O) groups is 3. The highest BCUT2D eigenvalue weighted by molar-refractivity contribution is 5.82. The quantitative estimate of drug-likeness (QED) is 0.564. The maximum atomic E-state index is 11.1. The van der Waals surface area contributed by atoms with Crippen LogP contribution >= 0.6 is 0 Å². The highest BCUT2D eigenvalue weighted by Crippen LogP contribution is 1.99. The Morgan fingerprint density at radius 1 is 1.00 bits per heavy atom. The van der Waals surface area contributed by atoms with Gasteiger partial charge < -0.3 is 15.8 Å². The van der Waals surface area contributed by atoms with Crippen LogP contribution in [-0.2, 0) is 14.4 Å². The minimum atomic E-state index is -0.461. The highest BCUT2D eigenvalue weighted by atomic mass is 16.2. The van der Waals surface area contributed by atoms with Crippen LogP contribution in [0.5, 0.6) is 0 Å². The lowest BCUT2D eigenvalue weighted by Crippen LogP contribution is -2.25. The standard InChI is InChI=1S/C11H20N2O3/c1-9(14)5-3-2-4-8-13-11(16)7-6-10(12)15/h2-8H2,1H3,(H2,12,15)(H,13,16). The molecule has 0 saturated heterocycles. The van der Waals surface area contributed by atoms with Crippen molar-refractivity contribution in [2.45, 2.75) is 45.4 Å². The summed E-state index contributed by atoms with van der Waals surface area (Å²) in [5.74, 6) is -0.410. The molecule has 0 aromatic heterocycles. The second-order valence-electron chi connectivity index (χ2n) is 3.83. The van der Waals surface area contributed by atoms with E-state index in [0.717, 1.165) is 19.3 Å². The predicted molar refractivity (Wildman–Crippen MR) is 60.6 cm³/mol. The van der Waals surface area contributed by atoms with E-state index in [9.17, 15) is 14.4 Å². The summed E-state index contributed by atoms with van der Waals surface area (Å²) in [4.78, 5) is 32.1. The minimum Gasteiger partial charge on any atom is -0.370 e. The fraction of sp³-hybridized carbons (Fsp3) is 0.727. The molecular formula is C11H20N2O3. The second kappa shape index (κ2) is 8.88. The topological polar surface area (TPSA) is 89.3 Å². The first kappa shape index (κ1) is 14.6. The predicted octanol–water partition coefficient (Wildman–Crippen LogP) is 0.518. The van der Waals surface area contributed by atoms with Crippen molar-refractivity contribution < 1.29 is 14.4 Å². The first-order valence-corrected chi connectivity index (χ1v) is 5.57. The van der Waals surface area contributed by atoms with Gasteiger partial charge in [0.05, 0.1) is 0 Å². The van der Waals surface area contributed by atoms with E-state index in [2.05, 4.69) is 5.32 Å². The van der Waals surface area contributed by atoms with Crippen molar-refractivity contribution in [1.29, 1.82) is 0 Å². The van der Waals surface area contributed by atoms with Crippen LogP contribution in [0.4, 0.5) is 0 Å². The Hall–Kier alpha value is -1.39. The molecule has 92 valence electrons. The summed E-state index contributed by atoms with van der Waals surface area (Å²) in [5, 5.41) is 2.69. The SMILES string of the molecule is CC(=O)CCCCCNC(=O)CCC(N)=O. The molecule has 0 radical (unpaired) electrons. The van der Waals surface area contributed by atoms with E-state index in [1.54, 1.807) is 6.92 Å². The van der Waals surface area contributed by atoms with Gasteiger partial charge in [0.1, 0.15) is 5.78 Å². The van der Waals surface area contributed by atoms with Crippen LogP contribution in [-0.4, -0.2) is 24.1 Å². The number of hydrogen-bond acceptors (Lipinski definition) is 3. The normalized spacial score (nSPS) is 9.81. The van der Waals surface area contributed by atoms with Gasteiger partial charge >= 0.3 is 0 Å². The summed E-state index contributed by atoms with van der Waals surface area (Å²) in [5.41, 5.74) is 4.91. The van der Waals surface area contributed by atoms with Gasteiger partial charge in [0.25, 0.3) is 0 Å². The number of carbonyl (C=O) groups excluding carboxylic acids is 3. The summed E-state index contributed by atoms with van der Waals surface area (Å²) in [6.07, 6.45) is 3.51. The van der Waals surface area contributed by atoms with Gasteiger partial charge in [-0.15, -0.1) is 0 Å². The van der Waals surface area contributed by atoms with Gasteiger partial charge in [-0.25, -0.2) is 0 Å². The molecule has 0 heterocycles. The molecule has 2 amide bonds. The van der Waals surface area contributed by atoms with E-state index < -0.39 is 5.91 Å². The summed E-state index contributed by atoms with van der Waals surface area (Å²) in [7, 11) is 0. The number of rotatable bonds is 9. The summed E-state index contributed by atoms with van der Waals surface area (Å²) in [6, 6.07) is 0. The van der Waals surface area contributed by atoms with E-state index in [0.29, 0.717) is 13.0 Å². The third-order valence-electron chi connectivity index (χ3n) is 2.13. The van der Waals surface area contributed by atoms with Crippen molar-refractivity contribution in [2.75, 3.05) is 6.54 Å². The Bertz CT molecular complexity index is 252. The average Bonchev–Trinajstić information content (AvgIpc) is 2.19. The molecule has 0 rings (SSSR count). The van der Waals surface area contributed by atoms with Crippen LogP contribution in [0.2, 0.25) is 0 Å². The zero-order chi connectivity index (χ0) is 12.4. The largest absolute Gasteiger partial charge is 0.370 e. The molecular weight excluding hydrogens is 208 g/mol. The Labute approximate surface area is 95.8 Å². The van der Waals surface area contributed by atoms with Gasteiger partial charge in [0.15, 0.2) is 0 Å². The van der Waals surface area contributed by atoms with Crippen molar-refractivity contribution in [3.8, 4) is 0 Å². The molecule has 0 fully saturated rings. The number of nitrogens with one attached hydrogen (secondary N) is 1. The zero-order valence-electron chi connectivity index (χ0n) is 9.75. The van der Waals surface area contributed by atoms with E-state index in [4.69, 9.17) is 5.73 Å². The number of nitrogens with two attached hydrogens (primary N) is 1. The van der Waals surface area contributed by atoms with Crippen LogP contribution in [0.3, 0.4) is 0 Å². The average molecular weight is 228 g/mol. The molecule has 0 aliphatic heterocycles. The van der Waals surface area contributed by atoms with Crippen molar-refractivity contribution in [3.05, 3.63) is 0 Å². The van der Waals surface area contributed by atoms with Crippen molar-refractivity contribution in [3.63, 3.8) is 0 Å². The molecule has 0 bridgehead atoms. The van der Waals surface area contributed by atoms with Crippen molar-refractivity contribution >= 4 is 17.6 Å². The fourth-order valence-electron chi connectivity index (χ4n) is 1.23. The van der Waals surface area contributed by atoms with Gasteiger partial charge in [-0.1, -0.05) is 6.42 Å². The zero-order valence-corrected chi connectivity index (χ0v) is 9.75. The molecule has 5 nitrogen and oxygen atoms in total. The lowest BCUT2D eigenvalue weighted by atomic mass is 10.1. The fourth-order valence-corrected chi connectivity index (χ4v) is 1.23. The van der Waals surface area contributed by atoms with Crippen LogP contribution in [0.25, 0.3) is 0 Å². The monoisotopic (exact) mass is 228 g/mol. The molecule has 3 N–H and O–H groups in total. The van der Waals surface area contributed by atoms with E-state index in [1.807, 2.05) is 0 Å². The third-order valence-corrected chi connectivity index (χ3v) is 2.13. The second-order valence-corrected chi connectivity index (χ2v) is 3.83. The molecule has 0 saturated carbocycles. The Morgan fingerprint density at radius 3 is 2.25 bits per heavy atom. The highest BCUT2D eigenvalue weighted by Gasteiger charge is 2.02.